The van der Waals surface area contributed by atoms with Crippen LogP contribution in [-0.4, -0.2) is 27.1 Å². The maximum Gasteiger partial charge on any atom is 0.132 e. The Kier molecular flexibility index (Phi) is 2.80. The lowest BCUT2D eigenvalue weighted by Crippen LogP contribution is -2.24. The van der Waals surface area contributed by atoms with E-state index in [1.165, 1.54) is 12.8 Å². The second-order valence-corrected chi connectivity index (χ2v) is 5.21. The Morgan fingerprint density at radius 1 is 1.59 bits per heavy atom. The van der Waals surface area contributed by atoms with Crippen LogP contribution in [0.5, 0.6) is 5.75 Å². The maximum atomic E-state index is 9.47. The topological polar surface area (TPSA) is 49.6 Å². The van der Waals surface area contributed by atoms with E-state index in [-0.39, 0.29) is 5.75 Å². The summed E-state index contributed by atoms with van der Waals surface area (Å²) in [6.07, 6.45) is 5.25. The molecule has 4 nitrogen and oxygen atoms in total. The third kappa shape index (κ3) is 2.05. The molecule has 2 N–H and O–H groups in total. The lowest BCUT2D eigenvalue weighted by atomic mass is 10.1. The molecular weight excluding hydrogens is 282 g/mol. The first kappa shape index (κ1) is 11.0. The molecule has 0 spiro atoms. The van der Waals surface area contributed by atoms with E-state index in [1.54, 1.807) is 12.1 Å². The highest BCUT2D eigenvalue weighted by atomic mass is 79.9. The van der Waals surface area contributed by atoms with Gasteiger partial charge < -0.3 is 14.8 Å². The molecule has 0 amide bonds. The van der Waals surface area contributed by atoms with Gasteiger partial charge in [-0.1, -0.05) is 0 Å². The number of hydrogen-bond donors (Lipinski definition) is 2. The Bertz CT molecular complexity index is 546. The number of halogens is 1. The number of aromatic nitrogens is 2. The molecule has 1 unspecified atom stereocenters. The SMILES string of the molecule is Oc1ccn2c(CC3CCCN3)nc(Br)c2c1. The largest absolute Gasteiger partial charge is 0.508 e. The van der Waals surface area contributed by atoms with Crippen molar-refractivity contribution in [2.45, 2.75) is 25.3 Å². The van der Waals surface area contributed by atoms with E-state index in [9.17, 15) is 5.11 Å². The van der Waals surface area contributed by atoms with Crippen LogP contribution in [0.3, 0.4) is 0 Å². The predicted molar refractivity (Wildman–Crippen MR) is 69.3 cm³/mol. The molecule has 3 heterocycles. The van der Waals surface area contributed by atoms with Crippen molar-refractivity contribution in [1.82, 2.24) is 14.7 Å². The van der Waals surface area contributed by atoms with Crippen LogP contribution in [0, 0.1) is 0 Å². The van der Waals surface area contributed by atoms with Crippen molar-refractivity contribution >= 4 is 21.4 Å². The van der Waals surface area contributed by atoms with E-state index in [0.717, 1.165) is 28.9 Å². The van der Waals surface area contributed by atoms with E-state index < -0.39 is 0 Å². The number of rotatable bonds is 2. The Morgan fingerprint density at radius 2 is 2.47 bits per heavy atom. The number of imidazole rings is 1. The molecule has 1 aliphatic rings. The average molecular weight is 296 g/mol. The van der Waals surface area contributed by atoms with Crippen molar-refractivity contribution < 1.29 is 5.11 Å². The molecule has 90 valence electrons. The molecule has 17 heavy (non-hydrogen) atoms. The smallest absolute Gasteiger partial charge is 0.132 e. The summed E-state index contributed by atoms with van der Waals surface area (Å²) in [6, 6.07) is 3.94. The van der Waals surface area contributed by atoms with Crippen molar-refractivity contribution in [3.63, 3.8) is 0 Å². The second kappa shape index (κ2) is 4.31. The molecule has 2 aromatic rings. The summed E-state index contributed by atoms with van der Waals surface area (Å²) in [4.78, 5) is 4.52. The summed E-state index contributed by atoms with van der Waals surface area (Å²) in [5.74, 6) is 1.30. The van der Waals surface area contributed by atoms with Crippen LogP contribution < -0.4 is 5.32 Å². The summed E-state index contributed by atoms with van der Waals surface area (Å²) in [7, 11) is 0. The number of nitrogens with one attached hydrogen (secondary N) is 1. The Morgan fingerprint density at radius 3 is 3.24 bits per heavy atom. The van der Waals surface area contributed by atoms with Gasteiger partial charge in [-0.15, -0.1) is 0 Å². The van der Waals surface area contributed by atoms with Gasteiger partial charge in [-0.05, 0) is 41.4 Å². The van der Waals surface area contributed by atoms with E-state index in [0.29, 0.717) is 6.04 Å². The molecule has 0 aliphatic carbocycles. The number of fused-ring (bicyclic) bond motifs is 1. The lowest BCUT2D eigenvalue weighted by Gasteiger charge is -2.08. The molecule has 0 radical (unpaired) electrons. The zero-order valence-corrected chi connectivity index (χ0v) is 10.9. The minimum absolute atomic E-state index is 0.267. The highest BCUT2D eigenvalue weighted by Crippen LogP contribution is 2.24. The highest BCUT2D eigenvalue weighted by molar-refractivity contribution is 9.10. The average Bonchev–Trinajstić information content (AvgIpc) is 2.89. The molecule has 1 atom stereocenters. The molecule has 3 rings (SSSR count). The normalized spacial score (nSPS) is 20.2. The lowest BCUT2D eigenvalue weighted by molar-refractivity contribution is 0.475. The fourth-order valence-electron chi connectivity index (χ4n) is 2.39. The quantitative estimate of drug-likeness (QED) is 0.892. The standard InChI is InChI=1S/C12H14BrN3O/c13-12-10-7-9(17)3-5-16(10)11(15-12)6-8-2-1-4-14-8/h3,5,7-8,14,17H,1-2,4,6H2. The molecule has 2 aromatic heterocycles. The summed E-state index contributed by atoms with van der Waals surface area (Å²) < 4.78 is 2.82. The Hall–Kier alpha value is -1.07. The van der Waals surface area contributed by atoms with E-state index in [1.807, 2.05) is 10.6 Å². The van der Waals surface area contributed by atoms with Crippen LogP contribution >= 0.6 is 15.9 Å². The first-order valence-corrected chi connectivity index (χ1v) is 6.62. The number of aromatic hydroxyl groups is 1. The van der Waals surface area contributed by atoms with Gasteiger partial charge in [0.2, 0.25) is 0 Å². The molecule has 5 heteroatoms. The predicted octanol–water partition coefficient (Wildman–Crippen LogP) is 2.10. The summed E-state index contributed by atoms with van der Waals surface area (Å²) in [5, 5.41) is 12.9. The third-order valence-corrected chi connectivity index (χ3v) is 3.83. The van der Waals surface area contributed by atoms with Crippen LogP contribution in [0.15, 0.2) is 22.9 Å². The van der Waals surface area contributed by atoms with Gasteiger partial charge >= 0.3 is 0 Å². The van der Waals surface area contributed by atoms with Gasteiger partial charge in [0.25, 0.3) is 0 Å². The first-order valence-electron chi connectivity index (χ1n) is 5.83. The minimum atomic E-state index is 0.267. The Balaban J connectivity index is 1.98. The van der Waals surface area contributed by atoms with E-state index in [2.05, 4.69) is 26.2 Å². The van der Waals surface area contributed by atoms with Crippen molar-refractivity contribution in [2.75, 3.05) is 6.54 Å². The highest BCUT2D eigenvalue weighted by Gasteiger charge is 2.18. The molecule has 0 saturated carbocycles. The summed E-state index contributed by atoms with van der Waals surface area (Å²) >= 11 is 3.44. The van der Waals surface area contributed by atoms with Gasteiger partial charge in [0, 0.05) is 24.7 Å². The van der Waals surface area contributed by atoms with Gasteiger partial charge in [-0.3, -0.25) is 0 Å². The van der Waals surface area contributed by atoms with Crippen LogP contribution in [0.25, 0.3) is 5.52 Å². The second-order valence-electron chi connectivity index (χ2n) is 4.46. The summed E-state index contributed by atoms with van der Waals surface area (Å²) in [6.45, 7) is 1.11. The molecule has 1 saturated heterocycles. The van der Waals surface area contributed by atoms with Crippen molar-refractivity contribution in [1.29, 1.82) is 0 Å². The number of hydrogen-bond acceptors (Lipinski definition) is 3. The van der Waals surface area contributed by atoms with Crippen LogP contribution in [0.1, 0.15) is 18.7 Å². The third-order valence-electron chi connectivity index (χ3n) is 3.25. The van der Waals surface area contributed by atoms with Gasteiger partial charge in [0.1, 0.15) is 16.2 Å². The van der Waals surface area contributed by atoms with Crippen LogP contribution in [0.2, 0.25) is 0 Å². The van der Waals surface area contributed by atoms with E-state index >= 15 is 0 Å². The molecular formula is C12H14BrN3O. The van der Waals surface area contributed by atoms with Crippen LogP contribution in [-0.2, 0) is 6.42 Å². The van der Waals surface area contributed by atoms with Gasteiger partial charge in [-0.25, -0.2) is 4.98 Å². The fourth-order valence-corrected chi connectivity index (χ4v) is 2.90. The minimum Gasteiger partial charge on any atom is -0.508 e. The first-order chi connectivity index (χ1) is 8.24. The monoisotopic (exact) mass is 295 g/mol. The van der Waals surface area contributed by atoms with Gasteiger partial charge in [0.05, 0.1) is 5.52 Å². The van der Waals surface area contributed by atoms with Crippen molar-refractivity contribution in [3.8, 4) is 5.75 Å². The molecule has 1 aliphatic heterocycles. The van der Waals surface area contributed by atoms with E-state index in [4.69, 9.17) is 0 Å². The maximum absolute atomic E-state index is 9.47. The van der Waals surface area contributed by atoms with Crippen molar-refractivity contribution in [2.24, 2.45) is 0 Å². The van der Waals surface area contributed by atoms with Gasteiger partial charge in [0.15, 0.2) is 0 Å². The van der Waals surface area contributed by atoms with Gasteiger partial charge in [-0.2, -0.15) is 0 Å². The Labute approximate surface area is 108 Å². The molecule has 1 fully saturated rings. The van der Waals surface area contributed by atoms with Crippen molar-refractivity contribution in [3.05, 3.63) is 28.8 Å². The zero-order chi connectivity index (χ0) is 11.8. The van der Waals surface area contributed by atoms with Crippen LogP contribution in [0.4, 0.5) is 0 Å². The zero-order valence-electron chi connectivity index (χ0n) is 9.36. The number of nitrogens with zero attached hydrogens (tertiary/aromatic N) is 2. The fraction of sp³-hybridized carbons (Fsp3) is 0.417. The molecule has 0 aromatic carbocycles. The molecule has 0 bridgehead atoms. The summed E-state index contributed by atoms with van der Waals surface area (Å²) in [5.41, 5.74) is 0.915. The number of pyridine rings is 1.